The van der Waals surface area contributed by atoms with Crippen molar-refractivity contribution in [3.05, 3.63) is 24.3 Å². The molecule has 4 heterocycles. The van der Waals surface area contributed by atoms with Gasteiger partial charge in [0.25, 0.3) is 0 Å². The highest BCUT2D eigenvalue weighted by Gasteiger charge is 2.49. The Morgan fingerprint density at radius 1 is 1.32 bits per heavy atom. The number of pyridine rings is 1. The average Bonchev–Trinajstić information content (AvgIpc) is 2.59. The van der Waals surface area contributed by atoms with Gasteiger partial charge in [-0.1, -0.05) is 0 Å². The van der Waals surface area contributed by atoms with Crippen molar-refractivity contribution in [3.63, 3.8) is 0 Å². The largest absolute Gasteiger partial charge is 0.368 e. The zero-order valence-electron chi connectivity index (χ0n) is 15.1. The van der Waals surface area contributed by atoms with Crippen LogP contribution in [0.15, 0.2) is 18.5 Å². The number of hydrogen-bond acceptors (Lipinski definition) is 4. The Labute approximate surface area is 148 Å². The van der Waals surface area contributed by atoms with E-state index in [0.717, 1.165) is 38.9 Å². The molecule has 25 heavy (non-hydrogen) atoms. The summed E-state index contributed by atoms with van der Waals surface area (Å²) in [5.74, 6) is 0.908. The molecule has 1 amide bonds. The van der Waals surface area contributed by atoms with Crippen LogP contribution in [0.5, 0.6) is 0 Å². The van der Waals surface area contributed by atoms with Gasteiger partial charge in [-0.3, -0.25) is 9.78 Å². The minimum absolute atomic E-state index is 0.233. The first-order chi connectivity index (χ1) is 12.0. The number of hydrogen-bond donors (Lipinski definition) is 0. The normalized spacial score (nSPS) is 32.1. The number of likely N-dealkylation sites (N-methyl/N-ethyl adjacent to an activating group) is 1. The number of fused-ring (bicyclic) bond motifs is 4. The predicted molar refractivity (Wildman–Crippen MR) is 94.8 cm³/mol. The average molecular weight is 346 g/mol. The first-order valence-electron chi connectivity index (χ1n) is 9.35. The molecule has 3 fully saturated rings. The molecule has 4 rings (SSSR count). The van der Waals surface area contributed by atoms with Crippen LogP contribution in [0.2, 0.25) is 0 Å². The van der Waals surface area contributed by atoms with Gasteiger partial charge < -0.3 is 14.7 Å². The summed E-state index contributed by atoms with van der Waals surface area (Å²) in [6.45, 7) is 2.53. The van der Waals surface area contributed by atoms with E-state index in [1.807, 2.05) is 0 Å². The molecule has 3 saturated heterocycles. The number of aromatic nitrogens is 1. The summed E-state index contributed by atoms with van der Waals surface area (Å²) >= 11 is 0. The molecule has 4 atom stereocenters. The van der Waals surface area contributed by atoms with Crippen LogP contribution in [0.4, 0.5) is 10.1 Å². The van der Waals surface area contributed by atoms with Crippen molar-refractivity contribution in [2.75, 3.05) is 38.6 Å². The van der Waals surface area contributed by atoms with Crippen molar-refractivity contribution in [3.8, 4) is 0 Å². The zero-order chi connectivity index (χ0) is 17.6. The highest BCUT2D eigenvalue weighted by molar-refractivity contribution is 5.78. The molecule has 3 aliphatic rings. The third-order valence-electron chi connectivity index (χ3n) is 6.14. The standard InChI is InChI=1S/C19H27FN4O/c1-22(2)12-18-14-8-13(16-4-3-5-19(25)24(16)18)10-23(11-14)17-6-7-21-9-15(17)20/h6-7,9,13-14,16,18H,3-5,8,10-12H2,1-2H3/t13-,14+,16+,18+/m1/s1. The van der Waals surface area contributed by atoms with Gasteiger partial charge in [0.2, 0.25) is 5.91 Å². The summed E-state index contributed by atoms with van der Waals surface area (Å²) < 4.78 is 14.3. The SMILES string of the molecule is CN(C)C[C@H]1[C@H]2C[C@H](CN(c3ccncc3F)C2)[C@@H]2CCCC(=O)N21. The Hall–Kier alpha value is -1.69. The molecule has 0 N–H and O–H groups in total. The van der Waals surface area contributed by atoms with Crippen LogP contribution < -0.4 is 4.90 Å². The molecule has 3 aliphatic heterocycles. The van der Waals surface area contributed by atoms with E-state index in [4.69, 9.17) is 0 Å². The van der Waals surface area contributed by atoms with Gasteiger partial charge >= 0.3 is 0 Å². The smallest absolute Gasteiger partial charge is 0.223 e. The van der Waals surface area contributed by atoms with E-state index in [0.29, 0.717) is 35.9 Å². The number of halogens is 1. The van der Waals surface area contributed by atoms with E-state index in [9.17, 15) is 9.18 Å². The summed E-state index contributed by atoms with van der Waals surface area (Å²) in [6, 6.07) is 2.33. The lowest BCUT2D eigenvalue weighted by atomic mass is 9.72. The maximum absolute atomic E-state index is 14.3. The monoisotopic (exact) mass is 346 g/mol. The van der Waals surface area contributed by atoms with Gasteiger partial charge in [-0.2, -0.15) is 0 Å². The van der Waals surface area contributed by atoms with E-state index in [-0.39, 0.29) is 11.9 Å². The van der Waals surface area contributed by atoms with Crippen LogP contribution in [0.25, 0.3) is 0 Å². The second kappa shape index (κ2) is 6.56. The van der Waals surface area contributed by atoms with Crippen molar-refractivity contribution in [1.29, 1.82) is 0 Å². The number of carbonyl (C=O) groups is 1. The molecule has 0 saturated carbocycles. The Kier molecular flexibility index (Phi) is 4.40. The van der Waals surface area contributed by atoms with Crippen LogP contribution in [0, 0.1) is 17.7 Å². The van der Waals surface area contributed by atoms with Gasteiger partial charge in [0, 0.05) is 44.3 Å². The van der Waals surface area contributed by atoms with Gasteiger partial charge in [0.15, 0.2) is 5.82 Å². The molecule has 0 spiro atoms. The Balaban J connectivity index is 1.65. The molecule has 0 radical (unpaired) electrons. The molecule has 0 aliphatic carbocycles. The van der Waals surface area contributed by atoms with Crippen LogP contribution >= 0.6 is 0 Å². The lowest BCUT2D eigenvalue weighted by molar-refractivity contribution is -0.149. The molecule has 5 nitrogen and oxygen atoms in total. The Morgan fingerprint density at radius 2 is 2.12 bits per heavy atom. The fourth-order valence-electron chi connectivity index (χ4n) is 5.20. The lowest BCUT2D eigenvalue weighted by Crippen LogP contribution is -2.67. The number of piperidine rings is 3. The van der Waals surface area contributed by atoms with E-state index in [1.54, 1.807) is 12.3 Å². The van der Waals surface area contributed by atoms with Gasteiger partial charge in [0.05, 0.1) is 11.9 Å². The minimum Gasteiger partial charge on any atom is -0.368 e. The third-order valence-corrected chi connectivity index (χ3v) is 6.14. The van der Waals surface area contributed by atoms with E-state index < -0.39 is 0 Å². The first-order valence-corrected chi connectivity index (χ1v) is 9.35. The van der Waals surface area contributed by atoms with E-state index in [1.165, 1.54) is 6.20 Å². The molecule has 1 aromatic rings. The number of amides is 1. The first kappa shape index (κ1) is 16.8. The highest BCUT2D eigenvalue weighted by Crippen LogP contribution is 2.42. The van der Waals surface area contributed by atoms with Gasteiger partial charge in [0.1, 0.15) is 0 Å². The maximum Gasteiger partial charge on any atom is 0.223 e. The molecular formula is C19H27FN4O. The van der Waals surface area contributed by atoms with Crippen LogP contribution in [-0.4, -0.2) is 66.5 Å². The van der Waals surface area contributed by atoms with Gasteiger partial charge in [-0.25, -0.2) is 4.39 Å². The number of rotatable bonds is 3. The van der Waals surface area contributed by atoms with E-state index in [2.05, 4.69) is 33.8 Å². The number of nitrogens with zero attached hydrogens (tertiary/aromatic N) is 4. The topological polar surface area (TPSA) is 39.7 Å². The second-order valence-electron chi connectivity index (χ2n) is 8.08. The third kappa shape index (κ3) is 3.01. The summed E-state index contributed by atoms with van der Waals surface area (Å²) in [6.07, 6.45) is 6.86. The van der Waals surface area contributed by atoms with Crippen molar-refractivity contribution < 1.29 is 9.18 Å². The number of anilines is 1. The van der Waals surface area contributed by atoms with Crippen molar-refractivity contribution in [2.24, 2.45) is 11.8 Å². The van der Waals surface area contributed by atoms with Gasteiger partial charge in [-0.05, 0) is 51.3 Å². The molecule has 6 heteroatoms. The molecule has 2 bridgehead atoms. The molecule has 1 aromatic heterocycles. The van der Waals surface area contributed by atoms with Crippen LogP contribution in [-0.2, 0) is 4.79 Å². The van der Waals surface area contributed by atoms with Crippen molar-refractivity contribution in [1.82, 2.24) is 14.8 Å². The lowest BCUT2D eigenvalue weighted by Gasteiger charge is -2.57. The highest BCUT2D eigenvalue weighted by atomic mass is 19.1. The fraction of sp³-hybridized carbons (Fsp3) is 0.684. The number of carbonyl (C=O) groups excluding carboxylic acids is 1. The fourth-order valence-corrected chi connectivity index (χ4v) is 5.20. The summed E-state index contributed by atoms with van der Waals surface area (Å²) in [5, 5.41) is 0. The second-order valence-corrected chi connectivity index (χ2v) is 8.08. The summed E-state index contributed by atoms with van der Waals surface area (Å²) in [7, 11) is 4.14. The molecule has 0 aromatic carbocycles. The Morgan fingerprint density at radius 3 is 2.88 bits per heavy atom. The molecule has 136 valence electrons. The van der Waals surface area contributed by atoms with Crippen LogP contribution in [0.1, 0.15) is 25.7 Å². The Bertz CT molecular complexity index is 652. The molecule has 0 unspecified atom stereocenters. The van der Waals surface area contributed by atoms with Crippen molar-refractivity contribution >= 4 is 11.6 Å². The van der Waals surface area contributed by atoms with E-state index >= 15 is 0 Å². The maximum atomic E-state index is 14.3. The minimum atomic E-state index is -0.247. The summed E-state index contributed by atoms with van der Waals surface area (Å²) in [5.41, 5.74) is 0.656. The zero-order valence-corrected chi connectivity index (χ0v) is 15.1. The van der Waals surface area contributed by atoms with Gasteiger partial charge in [-0.15, -0.1) is 0 Å². The predicted octanol–water partition coefficient (Wildman–Crippen LogP) is 1.99. The van der Waals surface area contributed by atoms with Crippen molar-refractivity contribution in [2.45, 2.75) is 37.8 Å². The quantitative estimate of drug-likeness (QED) is 0.839. The summed E-state index contributed by atoms with van der Waals surface area (Å²) in [4.78, 5) is 23.1. The van der Waals surface area contributed by atoms with Crippen LogP contribution in [0.3, 0.4) is 0 Å². The molecular weight excluding hydrogens is 319 g/mol.